The van der Waals surface area contributed by atoms with Crippen LogP contribution in [-0.2, 0) is 0 Å². The predicted molar refractivity (Wildman–Crippen MR) is 70.0 cm³/mol. The van der Waals surface area contributed by atoms with Crippen molar-refractivity contribution in [3.63, 3.8) is 0 Å². The minimum atomic E-state index is 0.204. The largest absolute Gasteiger partial charge is 0.309 e. The molecule has 0 radical (unpaired) electrons. The van der Waals surface area contributed by atoms with E-state index in [2.05, 4.69) is 53.6 Å². The third-order valence-corrected chi connectivity index (χ3v) is 3.08. The van der Waals surface area contributed by atoms with Gasteiger partial charge in [0.2, 0.25) is 0 Å². The average Bonchev–Trinajstić information content (AvgIpc) is 2.84. The maximum Gasteiger partial charge on any atom is 0.0605 e. The number of aromatic amines is 1. The van der Waals surface area contributed by atoms with E-state index < -0.39 is 0 Å². The summed E-state index contributed by atoms with van der Waals surface area (Å²) in [5, 5.41) is 10.2. The van der Waals surface area contributed by atoms with Gasteiger partial charge in [-0.05, 0) is 24.1 Å². The molecule has 0 aliphatic carbocycles. The highest BCUT2D eigenvalue weighted by Gasteiger charge is 2.12. The van der Waals surface area contributed by atoms with Crippen LogP contribution in [0.25, 0.3) is 0 Å². The Hall–Kier alpha value is -1.61. The smallest absolute Gasteiger partial charge is 0.0605 e. The SMILES string of the molecule is CNC(c1ccc(C(C)C)cc1)c1cn[nH]c1. The molecule has 0 saturated carbocycles. The number of hydrogen-bond donors (Lipinski definition) is 2. The van der Waals surface area contributed by atoms with Crippen LogP contribution in [0.2, 0.25) is 0 Å². The molecule has 1 unspecified atom stereocenters. The number of nitrogens with zero attached hydrogens (tertiary/aromatic N) is 1. The zero-order valence-corrected chi connectivity index (χ0v) is 10.6. The Morgan fingerprint density at radius 1 is 1.06 bits per heavy atom. The van der Waals surface area contributed by atoms with Crippen molar-refractivity contribution in [2.45, 2.75) is 25.8 Å². The van der Waals surface area contributed by atoms with Gasteiger partial charge in [-0.25, -0.2) is 0 Å². The highest BCUT2D eigenvalue weighted by molar-refractivity contribution is 5.32. The van der Waals surface area contributed by atoms with E-state index in [4.69, 9.17) is 0 Å². The molecule has 2 aromatic rings. The summed E-state index contributed by atoms with van der Waals surface area (Å²) in [6, 6.07) is 8.97. The molecule has 0 aliphatic heterocycles. The number of hydrogen-bond acceptors (Lipinski definition) is 2. The molecule has 0 aliphatic rings. The fourth-order valence-corrected chi connectivity index (χ4v) is 2.02. The van der Waals surface area contributed by atoms with E-state index in [0.717, 1.165) is 5.56 Å². The van der Waals surface area contributed by atoms with Crippen LogP contribution >= 0.6 is 0 Å². The zero-order valence-electron chi connectivity index (χ0n) is 10.6. The molecule has 3 nitrogen and oxygen atoms in total. The molecular formula is C14H19N3. The second kappa shape index (κ2) is 5.15. The van der Waals surface area contributed by atoms with E-state index >= 15 is 0 Å². The lowest BCUT2D eigenvalue weighted by Gasteiger charge is -2.16. The summed E-state index contributed by atoms with van der Waals surface area (Å²) < 4.78 is 0. The second-order valence-corrected chi connectivity index (χ2v) is 4.57. The summed E-state index contributed by atoms with van der Waals surface area (Å²) >= 11 is 0. The number of aromatic nitrogens is 2. The van der Waals surface area contributed by atoms with E-state index in [1.807, 2.05) is 19.4 Å². The lowest BCUT2D eigenvalue weighted by Crippen LogP contribution is -2.17. The minimum Gasteiger partial charge on any atom is -0.309 e. The molecule has 90 valence electrons. The summed E-state index contributed by atoms with van der Waals surface area (Å²) in [6.07, 6.45) is 3.79. The van der Waals surface area contributed by atoms with Crippen LogP contribution in [0.15, 0.2) is 36.7 Å². The third kappa shape index (κ3) is 2.56. The van der Waals surface area contributed by atoms with Gasteiger partial charge in [-0.2, -0.15) is 5.10 Å². The van der Waals surface area contributed by atoms with Crippen molar-refractivity contribution in [2.24, 2.45) is 0 Å². The molecule has 1 aromatic heterocycles. The molecule has 2 rings (SSSR count). The third-order valence-electron chi connectivity index (χ3n) is 3.08. The van der Waals surface area contributed by atoms with Gasteiger partial charge in [-0.3, -0.25) is 5.10 Å². The molecular weight excluding hydrogens is 210 g/mol. The summed E-state index contributed by atoms with van der Waals surface area (Å²) in [5.41, 5.74) is 3.79. The number of benzene rings is 1. The first-order valence-electron chi connectivity index (χ1n) is 5.98. The van der Waals surface area contributed by atoms with Crippen molar-refractivity contribution >= 4 is 0 Å². The average molecular weight is 229 g/mol. The van der Waals surface area contributed by atoms with Crippen molar-refractivity contribution in [1.29, 1.82) is 0 Å². The van der Waals surface area contributed by atoms with Crippen molar-refractivity contribution in [3.8, 4) is 0 Å². The first-order valence-corrected chi connectivity index (χ1v) is 5.98. The van der Waals surface area contributed by atoms with Gasteiger partial charge in [0.05, 0.1) is 12.2 Å². The molecule has 1 atom stereocenters. The van der Waals surface area contributed by atoms with Gasteiger partial charge in [0.25, 0.3) is 0 Å². The molecule has 17 heavy (non-hydrogen) atoms. The Labute approximate surface area is 102 Å². The molecule has 1 aromatic carbocycles. The molecule has 0 fully saturated rings. The van der Waals surface area contributed by atoms with Crippen molar-refractivity contribution in [2.75, 3.05) is 7.05 Å². The van der Waals surface area contributed by atoms with Crippen LogP contribution in [0.3, 0.4) is 0 Å². The van der Waals surface area contributed by atoms with Crippen LogP contribution in [0.5, 0.6) is 0 Å². The lowest BCUT2D eigenvalue weighted by molar-refractivity contribution is 0.691. The van der Waals surface area contributed by atoms with Crippen molar-refractivity contribution in [1.82, 2.24) is 15.5 Å². The van der Waals surface area contributed by atoms with Gasteiger partial charge in [0.15, 0.2) is 0 Å². The summed E-state index contributed by atoms with van der Waals surface area (Å²) in [4.78, 5) is 0. The van der Waals surface area contributed by atoms with Crippen LogP contribution in [0.4, 0.5) is 0 Å². The van der Waals surface area contributed by atoms with Crippen LogP contribution in [0.1, 0.15) is 42.5 Å². The van der Waals surface area contributed by atoms with E-state index in [1.165, 1.54) is 11.1 Å². The topological polar surface area (TPSA) is 40.7 Å². The summed E-state index contributed by atoms with van der Waals surface area (Å²) in [5.74, 6) is 0.575. The Morgan fingerprint density at radius 2 is 1.71 bits per heavy atom. The minimum absolute atomic E-state index is 0.204. The standard InChI is InChI=1S/C14H19N3/c1-10(2)11-4-6-12(7-5-11)14(15-3)13-8-16-17-9-13/h4-10,14-15H,1-3H3,(H,16,17). The molecule has 0 saturated heterocycles. The first kappa shape index (κ1) is 11.9. The van der Waals surface area contributed by atoms with E-state index in [9.17, 15) is 0 Å². The maximum atomic E-state index is 4.00. The fourth-order valence-electron chi connectivity index (χ4n) is 2.02. The van der Waals surface area contributed by atoms with E-state index in [0.29, 0.717) is 5.92 Å². The number of rotatable bonds is 4. The normalized spacial score (nSPS) is 12.9. The lowest BCUT2D eigenvalue weighted by atomic mass is 9.97. The molecule has 2 N–H and O–H groups in total. The Morgan fingerprint density at radius 3 is 2.18 bits per heavy atom. The molecule has 1 heterocycles. The molecule has 0 amide bonds. The monoisotopic (exact) mass is 229 g/mol. The zero-order chi connectivity index (χ0) is 12.3. The highest BCUT2D eigenvalue weighted by Crippen LogP contribution is 2.23. The van der Waals surface area contributed by atoms with Gasteiger partial charge in [-0.15, -0.1) is 0 Å². The molecule has 0 bridgehead atoms. The van der Waals surface area contributed by atoms with Gasteiger partial charge in [0, 0.05) is 11.8 Å². The number of H-pyrrole nitrogens is 1. The fraction of sp³-hybridized carbons (Fsp3) is 0.357. The Balaban J connectivity index is 2.26. The highest BCUT2D eigenvalue weighted by atomic mass is 15.1. The van der Waals surface area contributed by atoms with E-state index in [1.54, 1.807) is 0 Å². The molecule has 3 heteroatoms. The van der Waals surface area contributed by atoms with Crippen LogP contribution in [-0.4, -0.2) is 17.2 Å². The second-order valence-electron chi connectivity index (χ2n) is 4.57. The summed E-state index contributed by atoms with van der Waals surface area (Å²) in [6.45, 7) is 4.42. The number of nitrogens with one attached hydrogen (secondary N) is 2. The summed E-state index contributed by atoms with van der Waals surface area (Å²) in [7, 11) is 1.97. The quantitative estimate of drug-likeness (QED) is 0.846. The van der Waals surface area contributed by atoms with Gasteiger partial charge in [0.1, 0.15) is 0 Å². The molecule has 0 spiro atoms. The van der Waals surface area contributed by atoms with Crippen molar-refractivity contribution in [3.05, 3.63) is 53.3 Å². The van der Waals surface area contributed by atoms with E-state index in [-0.39, 0.29) is 6.04 Å². The van der Waals surface area contributed by atoms with Gasteiger partial charge in [-0.1, -0.05) is 38.1 Å². The first-order chi connectivity index (χ1) is 8.22. The van der Waals surface area contributed by atoms with Crippen molar-refractivity contribution < 1.29 is 0 Å². The Bertz CT molecular complexity index is 443. The van der Waals surface area contributed by atoms with Crippen LogP contribution in [0, 0.1) is 0 Å². The van der Waals surface area contributed by atoms with Crippen LogP contribution < -0.4 is 5.32 Å². The van der Waals surface area contributed by atoms with Gasteiger partial charge >= 0.3 is 0 Å². The predicted octanol–water partition coefficient (Wildman–Crippen LogP) is 2.84. The maximum absolute atomic E-state index is 4.00. The van der Waals surface area contributed by atoms with Gasteiger partial charge < -0.3 is 5.32 Å². The Kier molecular flexibility index (Phi) is 3.59.